The van der Waals surface area contributed by atoms with Gasteiger partial charge in [-0.25, -0.2) is 0 Å². The fraction of sp³-hybridized carbons (Fsp3) is 0.571. The lowest BCUT2D eigenvalue weighted by Gasteiger charge is -2.31. The lowest BCUT2D eigenvalue weighted by molar-refractivity contribution is 0.285. The van der Waals surface area contributed by atoms with Crippen LogP contribution >= 0.6 is 0 Å². The van der Waals surface area contributed by atoms with Crippen LogP contribution in [0.4, 0.5) is 5.69 Å². The van der Waals surface area contributed by atoms with Gasteiger partial charge in [-0.05, 0) is 44.2 Å². The monoisotopic (exact) mass is 219 g/mol. The molecule has 0 radical (unpaired) electrons. The molecule has 0 fully saturated rings. The summed E-state index contributed by atoms with van der Waals surface area (Å²) in [6.45, 7) is 4.72. The predicted molar refractivity (Wildman–Crippen MR) is 68.0 cm³/mol. The van der Waals surface area contributed by atoms with Crippen LogP contribution in [-0.2, 0) is 6.42 Å². The molecule has 1 aliphatic heterocycles. The predicted octanol–water partition coefficient (Wildman–Crippen LogP) is 2.52. The normalized spacial score (nSPS) is 15.0. The topological polar surface area (TPSA) is 23.5 Å². The molecule has 0 saturated carbocycles. The van der Waals surface area contributed by atoms with E-state index >= 15 is 0 Å². The van der Waals surface area contributed by atoms with Gasteiger partial charge in [-0.15, -0.1) is 0 Å². The Morgan fingerprint density at radius 3 is 3.00 bits per heavy atom. The largest absolute Gasteiger partial charge is 0.396 e. The van der Waals surface area contributed by atoms with Crippen LogP contribution in [0.15, 0.2) is 18.2 Å². The molecule has 16 heavy (non-hydrogen) atoms. The van der Waals surface area contributed by atoms with Crippen molar-refractivity contribution in [1.29, 1.82) is 0 Å². The zero-order chi connectivity index (χ0) is 11.4. The SMILES string of the molecule is Cc1ccc2c(c1)CCCN2CCCCO. The van der Waals surface area contributed by atoms with Crippen molar-refractivity contribution in [3.8, 4) is 0 Å². The number of benzene rings is 1. The molecule has 1 heterocycles. The second-order valence-electron chi connectivity index (χ2n) is 4.65. The standard InChI is InChI=1S/C14H21NO/c1-12-6-7-14-13(11-12)5-4-9-15(14)8-2-3-10-16/h6-7,11,16H,2-5,8-10H2,1H3. The molecule has 88 valence electrons. The first-order valence-corrected chi connectivity index (χ1v) is 6.26. The fourth-order valence-electron chi connectivity index (χ4n) is 2.45. The number of hydrogen-bond acceptors (Lipinski definition) is 2. The Morgan fingerprint density at radius 2 is 2.19 bits per heavy atom. The van der Waals surface area contributed by atoms with Crippen molar-refractivity contribution in [2.45, 2.75) is 32.6 Å². The van der Waals surface area contributed by atoms with Crippen molar-refractivity contribution >= 4 is 5.69 Å². The molecule has 0 saturated heterocycles. The molecule has 0 amide bonds. The highest BCUT2D eigenvalue weighted by molar-refractivity contribution is 5.56. The molecule has 1 aromatic rings. The van der Waals surface area contributed by atoms with Crippen molar-refractivity contribution in [3.63, 3.8) is 0 Å². The molecule has 2 heteroatoms. The van der Waals surface area contributed by atoms with E-state index in [1.54, 1.807) is 0 Å². The van der Waals surface area contributed by atoms with Crippen LogP contribution < -0.4 is 4.90 Å². The Bertz CT molecular complexity index is 349. The minimum Gasteiger partial charge on any atom is -0.396 e. The number of rotatable bonds is 4. The Morgan fingerprint density at radius 1 is 1.31 bits per heavy atom. The first-order valence-electron chi connectivity index (χ1n) is 6.26. The van der Waals surface area contributed by atoms with Gasteiger partial charge in [0.15, 0.2) is 0 Å². The number of fused-ring (bicyclic) bond motifs is 1. The van der Waals surface area contributed by atoms with Gasteiger partial charge in [-0.3, -0.25) is 0 Å². The lowest BCUT2D eigenvalue weighted by atomic mass is 9.99. The summed E-state index contributed by atoms with van der Waals surface area (Å²) in [7, 11) is 0. The van der Waals surface area contributed by atoms with Gasteiger partial charge in [0.2, 0.25) is 0 Å². The van der Waals surface area contributed by atoms with Gasteiger partial charge in [-0.2, -0.15) is 0 Å². The first kappa shape index (κ1) is 11.5. The number of aryl methyl sites for hydroxylation is 2. The molecule has 0 bridgehead atoms. The summed E-state index contributed by atoms with van der Waals surface area (Å²) in [5.74, 6) is 0. The number of anilines is 1. The number of hydrogen-bond donors (Lipinski definition) is 1. The summed E-state index contributed by atoms with van der Waals surface area (Å²) < 4.78 is 0. The summed E-state index contributed by atoms with van der Waals surface area (Å²) in [5, 5.41) is 8.81. The van der Waals surface area contributed by atoms with Crippen LogP contribution in [0.25, 0.3) is 0 Å². The highest BCUT2D eigenvalue weighted by atomic mass is 16.2. The molecule has 0 unspecified atom stereocenters. The molecule has 2 rings (SSSR count). The molecular formula is C14H21NO. The van der Waals surface area contributed by atoms with Crippen LogP contribution in [0.2, 0.25) is 0 Å². The van der Waals surface area contributed by atoms with Crippen molar-refractivity contribution in [2.24, 2.45) is 0 Å². The lowest BCUT2D eigenvalue weighted by Crippen LogP contribution is -2.30. The number of nitrogens with zero attached hydrogens (tertiary/aromatic N) is 1. The van der Waals surface area contributed by atoms with E-state index in [-0.39, 0.29) is 0 Å². The molecular weight excluding hydrogens is 198 g/mol. The second-order valence-corrected chi connectivity index (χ2v) is 4.65. The summed E-state index contributed by atoms with van der Waals surface area (Å²) >= 11 is 0. The Labute approximate surface area is 97.9 Å². The van der Waals surface area contributed by atoms with Gasteiger partial charge in [0, 0.05) is 25.4 Å². The third-order valence-electron chi connectivity index (χ3n) is 3.29. The van der Waals surface area contributed by atoms with Gasteiger partial charge in [0.1, 0.15) is 0 Å². The van der Waals surface area contributed by atoms with Crippen LogP contribution in [0.5, 0.6) is 0 Å². The van der Waals surface area contributed by atoms with E-state index in [1.165, 1.54) is 36.2 Å². The zero-order valence-corrected chi connectivity index (χ0v) is 10.1. The summed E-state index contributed by atoms with van der Waals surface area (Å²) in [6.07, 6.45) is 4.48. The van der Waals surface area contributed by atoms with Gasteiger partial charge < -0.3 is 10.0 Å². The van der Waals surface area contributed by atoms with E-state index in [2.05, 4.69) is 30.0 Å². The Balaban J connectivity index is 2.07. The fourth-order valence-corrected chi connectivity index (χ4v) is 2.45. The maximum Gasteiger partial charge on any atom is 0.0431 e. The maximum absolute atomic E-state index is 8.81. The highest BCUT2D eigenvalue weighted by Gasteiger charge is 2.15. The Hall–Kier alpha value is -1.02. The minimum atomic E-state index is 0.314. The Kier molecular flexibility index (Phi) is 3.83. The molecule has 0 atom stereocenters. The first-order chi connectivity index (χ1) is 7.81. The van der Waals surface area contributed by atoms with Crippen LogP contribution in [-0.4, -0.2) is 24.8 Å². The van der Waals surface area contributed by atoms with Gasteiger partial charge in [-0.1, -0.05) is 17.7 Å². The summed E-state index contributed by atoms with van der Waals surface area (Å²) in [5.41, 5.74) is 4.26. The smallest absolute Gasteiger partial charge is 0.0431 e. The molecule has 1 aromatic carbocycles. The molecule has 0 spiro atoms. The van der Waals surface area contributed by atoms with Gasteiger partial charge in [0.25, 0.3) is 0 Å². The van der Waals surface area contributed by atoms with E-state index in [0.29, 0.717) is 6.61 Å². The second kappa shape index (κ2) is 5.35. The van der Waals surface area contributed by atoms with E-state index in [4.69, 9.17) is 5.11 Å². The third kappa shape index (κ3) is 2.56. The van der Waals surface area contributed by atoms with Gasteiger partial charge in [0.05, 0.1) is 0 Å². The summed E-state index contributed by atoms with van der Waals surface area (Å²) in [4.78, 5) is 2.47. The number of aliphatic hydroxyl groups is 1. The summed E-state index contributed by atoms with van der Waals surface area (Å²) in [6, 6.07) is 6.76. The van der Waals surface area contributed by atoms with Crippen LogP contribution in [0.3, 0.4) is 0 Å². The molecule has 2 nitrogen and oxygen atoms in total. The van der Waals surface area contributed by atoms with Crippen LogP contribution in [0, 0.1) is 6.92 Å². The van der Waals surface area contributed by atoms with Crippen molar-refractivity contribution in [3.05, 3.63) is 29.3 Å². The third-order valence-corrected chi connectivity index (χ3v) is 3.29. The van der Waals surface area contributed by atoms with Crippen molar-refractivity contribution in [1.82, 2.24) is 0 Å². The molecule has 0 aromatic heterocycles. The quantitative estimate of drug-likeness (QED) is 0.787. The van der Waals surface area contributed by atoms with E-state index in [9.17, 15) is 0 Å². The number of unbranched alkanes of at least 4 members (excludes halogenated alkanes) is 1. The average molecular weight is 219 g/mol. The number of aliphatic hydroxyl groups excluding tert-OH is 1. The molecule has 1 aliphatic rings. The maximum atomic E-state index is 8.81. The van der Waals surface area contributed by atoms with Crippen molar-refractivity contribution < 1.29 is 5.11 Å². The van der Waals surface area contributed by atoms with E-state index in [0.717, 1.165) is 19.4 Å². The van der Waals surface area contributed by atoms with Gasteiger partial charge >= 0.3 is 0 Å². The van der Waals surface area contributed by atoms with E-state index in [1.807, 2.05) is 0 Å². The average Bonchev–Trinajstić information content (AvgIpc) is 2.29. The molecule has 1 N–H and O–H groups in total. The minimum absolute atomic E-state index is 0.314. The van der Waals surface area contributed by atoms with Crippen LogP contribution in [0.1, 0.15) is 30.4 Å². The highest BCUT2D eigenvalue weighted by Crippen LogP contribution is 2.27. The zero-order valence-electron chi connectivity index (χ0n) is 10.1. The van der Waals surface area contributed by atoms with Crippen molar-refractivity contribution in [2.75, 3.05) is 24.6 Å². The molecule has 0 aliphatic carbocycles. The van der Waals surface area contributed by atoms with E-state index < -0.39 is 0 Å².